The van der Waals surface area contributed by atoms with Gasteiger partial charge in [0.1, 0.15) is 17.3 Å². The van der Waals surface area contributed by atoms with E-state index in [1.165, 1.54) is 6.92 Å². The predicted molar refractivity (Wildman–Crippen MR) is 141 cm³/mol. The number of carbonyl (C=O) groups excluding carboxylic acids is 3. The third-order valence-corrected chi connectivity index (χ3v) is 7.46. The van der Waals surface area contributed by atoms with Gasteiger partial charge in [-0.3, -0.25) is 14.4 Å². The van der Waals surface area contributed by atoms with Gasteiger partial charge in [-0.25, -0.2) is 0 Å². The number of phenolic OH excluding ortho intramolecular Hbond substituents is 1. The number of rotatable bonds is 14. The third-order valence-electron chi connectivity index (χ3n) is 7.46. The molecule has 36 heavy (non-hydrogen) atoms. The largest absolute Gasteiger partial charge is 0.507 e. The standard InChI is InChI=1S/C30H46O6/c1-6-8-21-17-23(9-7-11-30(3,4)5)29(36)28-24(21)15-20(16-27(28)35)14-22(10-12-31)25(18-32)26(34)13-19(2)33/h17,20,22,25,31-32,36H,6-16,18H2,1-5H3. The smallest absolute Gasteiger partial charge is 0.167 e. The summed E-state index contributed by atoms with van der Waals surface area (Å²) >= 11 is 0. The van der Waals surface area contributed by atoms with E-state index >= 15 is 0 Å². The highest BCUT2D eigenvalue weighted by molar-refractivity contribution is 6.02. The highest BCUT2D eigenvalue weighted by atomic mass is 16.3. The summed E-state index contributed by atoms with van der Waals surface area (Å²) in [5.74, 6) is -1.61. The number of carbonyl (C=O) groups is 3. The van der Waals surface area contributed by atoms with Gasteiger partial charge in [-0.2, -0.15) is 0 Å². The summed E-state index contributed by atoms with van der Waals surface area (Å²) in [6.45, 7) is 9.54. The fourth-order valence-electron chi connectivity index (χ4n) is 5.71. The van der Waals surface area contributed by atoms with E-state index in [2.05, 4.69) is 33.8 Å². The molecular formula is C30H46O6. The highest BCUT2D eigenvalue weighted by Crippen LogP contribution is 2.41. The average Bonchev–Trinajstić information content (AvgIpc) is 2.75. The molecule has 0 radical (unpaired) electrons. The summed E-state index contributed by atoms with van der Waals surface area (Å²) in [6, 6.07) is 2.08. The monoisotopic (exact) mass is 502 g/mol. The number of fused-ring (bicyclic) bond motifs is 1. The van der Waals surface area contributed by atoms with Crippen LogP contribution < -0.4 is 0 Å². The molecule has 0 aliphatic heterocycles. The summed E-state index contributed by atoms with van der Waals surface area (Å²) in [5.41, 5.74) is 3.55. The number of hydrogen-bond donors (Lipinski definition) is 3. The van der Waals surface area contributed by atoms with E-state index in [0.717, 1.165) is 48.8 Å². The molecule has 1 aliphatic carbocycles. The van der Waals surface area contributed by atoms with Crippen molar-refractivity contribution in [1.82, 2.24) is 0 Å². The van der Waals surface area contributed by atoms with E-state index < -0.39 is 5.92 Å². The van der Waals surface area contributed by atoms with Gasteiger partial charge in [0.15, 0.2) is 5.78 Å². The SMILES string of the molecule is CCCc1cc(CCCC(C)(C)C)c(O)c2c1CC(CC(CCO)C(CO)C(=O)CC(C)=O)CC2=O. The minimum Gasteiger partial charge on any atom is -0.507 e. The van der Waals surface area contributed by atoms with E-state index in [9.17, 15) is 29.7 Å². The molecule has 2 rings (SSSR count). The molecule has 0 amide bonds. The molecule has 3 N–H and O–H groups in total. The van der Waals surface area contributed by atoms with E-state index in [1.54, 1.807) is 0 Å². The molecule has 0 heterocycles. The van der Waals surface area contributed by atoms with Crippen LogP contribution in [0.4, 0.5) is 0 Å². The molecule has 1 aliphatic rings. The van der Waals surface area contributed by atoms with Crippen molar-refractivity contribution in [3.8, 4) is 5.75 Å². The Labute approximate surface area is 216 Å². The van der Waals surface area contributed by atoms with Gasteiger partial charge in [0, 0.05) is 18.9 Å². The van der Waals surface area contributed by atoms with Crippen LogP contribution in [0, 0.1) is 23.2 Å². The molecule has 3 unspecified atom stereocenters. The van der Waals surface area contributed by atoms with Crippen molar-refractivity contribution in [2.75, 3.05) is 13.2 Å². The second-order valence-corrected chi connectivity index (χ2v) is 11.9. The van der Waals surface area contributed by atoms with Gasteiger partial charge >= 0.3 is 0 Å². The quantitative estimate of drug-likeness (QED) is 0.309. The first-order valence-corrected chi connectivity index (χ1v) is 13.5. The molecule has 6 heteroatoms. The number of benzene rings is 1. The fraction of sp³-hybridized carbons (Fsp3) is 0.700. The molecular weight excluding hydrogens is 456 g/mol. The Morgan fingerprint density at radius 2 is 1.81 bits per heavy atom. The number of aromatic hydroxyl groups is 1. The summed E-state index contributed by atoms with van der Waals surface area (Å²) < 4.78 is 0. The van der Waals surface area contributed by atoms with Crippen LogP contribution in [0.25, 0.3) is 0 Å². The fourth-order valence-corrected chi connectivity index (χ4v) is 5.71. The summed E-state index contributed by atoms with van der Waals surface area (Å²) in [6.07, 6.45) is 5.94. The van der Waals surface area contributed by atoms with E-state index in [1.807, 2.05) is 0 Å². The molecule has 0 saturated heterocycles. The van der Waals surface area contributed by atoms with Crippen molar-refractivity contribution >= 4 is 17.3 Å². The second-order valence-electron chi connectivity index (χ2n) is 11.9. The maximum absolute atomic E-state index is 13.3. The van der Waals surface area contributed by atoms with Crippen LogP contribution in [0.3, 0.4) is 0 Å². The Bertz CT molecular complexity index is 926. The van der Waals surface area contributed by atoms with Crippen LogP contribution >= 0.6 is 0 Å². The lowest BCUT2D eigenvalue weighted by Crippen LogP contribution is -2.32. The van der Waals surface area contributed by atoms with Crippen LogP contribution in [-0.2, 0) is 28.9 Å². The topological polar surface area (TPSA) is 112 Å². The molecule has 3 atom stereocenters. The van der Waals surface area contributed by atoms with E-state index in [0.29, 0.717) is 24.8 Å². The Kier molecular flexibility index (Phi) is 11.3. The van der Waals surface area contributed by atoms with Gasteiger partial charge in [0.2, 0.25) is 0 Å². The lowest BCUT2D eigenvalue weighted by molar-refractivity contribution is -0.131. The third kappa shape index (κ3) is 8.24. The first-order valence-electron chi connectivity index (χ1n) is 13.5. The van der Waals surface area contributed by atoms with Gasteiger partial charge in [-0.05, 0) is 85.8 Å². The summed E-state index contributed by atoms with van der Waals surface area (Å²) in [7, 11) is 0. The Balaban J connectivity index is 2.32. The molecule has 0 fully saturated rings. The average molecular weight is 503 g/mol. The number of aryl methyl sites for hydroxylation is 2. The van der Waals surface area contributed by atoms with Gasteiger partial charge < -0.3 is 15.3 Å². The molecule has 202 valence electrons. The molecule has 6 nitrogen and oxygen atoms in total. The van der Waals surface area contributed by atoms with Crippen LogP contribution in [0.5, 0.6) is 5.75 Å². The van der Waals surface area contributed by atoms with Crippen molar-refractivity contribution in [3.05, 3.63) is 28.3 Å². The molecule has 1 aromatic carbocycles. The molecule has 0 aromatic heterocycles. The first-order chi connectivity index (χ1) is 16.9. The summed E-state index contributed by atoms with van der Waals surface area (Å²) in [5, 5.41) is 30.7. The second kappa shape index (κ2) is 13.5. The maximum atomic E-state index is 13.3. The minimum absolute atomic E-state index is 0.0533. The number of ketones is 3. The molecule has 0 spiro atoms. The number of aliphatic hydroxyl groups excluding tert-OH is 2. The van der Waals surface area contributed by atoms with Crippen molar-refractivity contribution in [1.29, 1.82) is 0 Å². The number of aliphatic hydroxyl groups is 2. The molecule has 0 bridgehead atoms. The first kappa shape index (κ1) is 30.2. The van der Waals surface area contributed by atoms with Gasteiger partial charge in [-0.15, -0.1) is 0 Å². The van der Waals surface area contributed by atoms with Gasteiger partial charge in [0.05, 0.1) is 18.6 Å². The number of Topliss-reactive ketones (excluding diaryl/α,β-unsaturated/α-hetero) is 3. The summed E-state index contributed by atoms with van der Waals surface area (Å²) in [4.78, 5) is 37.4. The normalized spacial score (nSPS) is 17.5. The van der Waals surface area contributed by atoms with Crippen LogP contribution in [0.2, 0.25) is 0 Å². The van der Waals surface area contributed by atoms with Crippen molar-refractivity contribution < 1.29 is 29.7 Å². The Morgan fingerprint density at radius 3 is 2.36 bits per heavy atom. The zero-order valence-electron chi connectivity index (χ0n) is 22.9. The zero-order chi connectivity index (χ0) is 27.0. The van der Waals surface area contributed by atoms with Crippen molar-refractivity contribution in [2.45, 2.75) is 98.8 Å². The zero-order valence-corrected chi connectivity index (χ0v) is 22.9. The van der Waals surface area contributed by atoms with E-state index in [4.69, 9.17) is 0 Å². The van der Waals surface area contributed by atoms with Gasteiger partial charge in [0.25, 0.3) is 0 Å². The van der Waals surface area contributed by atoms with E-state index in [-0.39, 0.29) is 66.4 Å². The molecule has 0 saturated carbocycles. The molecule has 1 aromatic rings. The van der Waals surface area contributed by atoms with Crippen LogP contribution in [-0.4, -0.2) is 45.9 Å². The van der Waals surface area contributed by atoms with Crippen LogP contribution in [0.1, 0.15) is 107 Å². The Morgan fingerprint density at radius 1 is 1.11 bits per heavy atom. The highest BCUT2D eigenvalue weighted by Gasteiger charge is 2.35. The lowest BCUT2D eigenvalue weighted by atomic mass is 9.72. The maximum Gasteiger partial charge on any atom is 0.167 e. The lowest BCUT2D eigenvalue weighted by Gasteiger charge is -2.32. The predicted octanol–water partition coefficient (Wildman–Crippen LogP) is 5.00. The van der Waals surface area contributed by atoms with Gasteiger partial charge in [-0.1, -0.05) is 40.2 Å². The number of hydrogen-bond acceptors (Lipinski definition) is 6. The van der Waals surface area contributed by atoms with Crippen molar-refractivity contribution in [3.63, 3.8) is 0 Å². The minimum atomic E-state index is -0.730. The van der Waals surface area contributed by atoms with Crippen molar-refractivity contribution in [2.24, 2.45) is 23.2 Å². The van der Waals surface area contributed by atoms with Crippen LogP contribution in [0.15, 0.2) is 6.07 Å². The number of phenols is 1. The Hall–Kier alpha value is -2.05.